The van der Waals surface area contributed by atoms with Crippen molar-refractivity contribution in [2.75, 3.05) is 11.9 Å². The van der Waals surface area contributed by atoms with E-state index < -0.39 is 5.97 Å². The zero-order valence-corrected chi connectivity index (χ0v) is 11.4. The Labute approximate surface area is 117 Å². The molecule has 5 heteroatoms. The maximum Gasteiger partial charge on any atom is 0.337 e. The van der Waals surface area contributed by atoms with Crippen LogP contribution in [-0.4, -0.2) is 22.6 Å². The number of hydrogen-bond donors (Lipinski definition) is 2. The molecular weight excluding hydrogens is 264 g/mol. The van der Waals surface area contributed by atoms with Crippen LogP contribution in [0.3, 0.4) is 0 Å². The van der Waals surface area contributed by atoms with Gasteiger partial charge in [0.1, 0.15) is 5.82 Å². The van der Waals surface area contributed by atoms with E-state index in [-0.39, 0.29) is 10.6 Å². The SMILES string of the molecule is O=C(O)c1cc(NCC(C2CC2)C2CC2)ncc1Cl. The topological polar surface area (TPSA) is 62.2 Å². The average Bonchev–Trinajstić information content (AvgIpc) is 3.25. The van der Waals surface area contributed by atoms with Crippen LogP contribution >= 0.6 is 11.6 Å². The lowest BCUT2D eigenvalue weighted by atomic mass is 9.98. The number of nitrogens with zero attached hydrogens (tertiary/aromatic N) is 1. The Morgan fingerprint density at radius 3 is 2.58 bits per heavy atom. The molecule has 0 unspecified atom stereocenters. The number of aromatic carboxylic acids is 1. The summed E-state index contributed by atoms with van der Waals surface area (Å²) in [5.74, 6) is 2.05. The lowest BCUT2D eigenvalue weighted by Crippen LogP contribution is -2.19. The van der Waals surface area contributed by atoms with Gasteiger partial charge in [0.2, 0.25) is 0 Å². The third-order valence-electron chi connectivity index (χ3n) is 4.06. The van der Waals surface area contributed by atoms with Gasteiger partial charge >= 0.3 is 5.97 Å². The van der Waals surface area contributed by atoms with E-state index in [0.29, 0.717) is 5.82 Å². The quantitative estimate of drug-likeness (QED) is 0.839. The van der Waals surface area contributed by atoms with Gasteiger partial charge in [-0.25, -0.2) is 9.78 Å². The number of carboxylic acid groups (broad SMARTS) is 1. The minimum atomic E-state index is -1.02. The van der Waals surface area contributed by atoms with Crippen molar-refractivity contribution >= 4 is 23.4 Å². The van der Waals surface area contributed by atoms with Gasteiger partial charge in [-0.05, 0) is 49.5 Å². The van der Waals surface area contributed by atoms with E-state index in [0.717, 1.165) is 24.3 Å². The normalized spacial score (nSPS) is 18.6. The molecule has 2 saturated carbocycles. The van der Waals surface area contributed by atoms with E-state index in [1.807, 2.05) is 0 Å². The van der Waals surface area contributed by atoms with Crippen molar-refractivity contribution in [1.29, 1.82) is 0 Å². The van der Waals surface area contributed by atoms with Crippen LogP contribution in [0.2, 0.25) is 5.02 Å². The Balaban J connectivity index is 1.65. The molecule has 3 rings (SSSR count). The minimum Gasteiger partial charge on any atom is -0.478 e. The summed E-state index contributed by atoms with van der Waals surface area (Å²) in [6, 6.07) is 1.52. The second-order valence-corrected chi connectivity index (χ2v) is 5.98. The summed E-state index contributed by atoms with van der Waals surface area (Å²) in [5, 5.41) is 12.5. The van der Waals surface area contributed by atoms with Gasteiger partial charge in [-0.15, -0.1) is 0 Å². The van der Waals surface area contributed by atoms with E-state index in [9.17, 15) is 4.79 Å². The second kappa shape index (κ2) is 5.00. The third kappa shape index (κ3) is 3.00. The number of nitrogens with one attached hydrogen (secondary N) is 1. The van der Waals surface area contributed by atoms with Crippen molar-refractivity contribution in [1.82, 2.24) is 4.98 Å². The molecule has 0 radical (unpaired) electrons. The number of halogens is 1. The first-order valence-electron chi connectivity index (χ1n) is 6.78. The summed E-state index contributed by atoms with van der Waals surface area (Å²) in [5.41, 5.74) is 0.105. The van der Waals surface area contributed by atoms with Crippen molar-refractivity contribution in [2.24, 2.45) is 17.8 Å². The van der Waals surface area contributed by atoms with Crippen LogP contribution in [0, 0.1) is 17.8 Å². The van der Waals surface area contributed by atoms with Gasteiger partial charge in [-0.1, -0.05) is 11.6 Å². The molecule has 0 amide bonds. The first-order valence-corrected chi connectivity index (χ1v) is 7.15. The van der Waals surface area contributed by atoms with Gasteiger partial charge in [-0.2, -0.15) is 0 Å². The molecule has 2 aliphatic carbocycles. The number of anilines is 1. The smallest absolute Gasteiger partial charge is 0.337 e. The molecule has 102 valence electrons. The van der Waals surface area contributed by atoms with E-state index in [1.54, 1.807) is 0 Å². The Kier molecular flexibility index (Phi) is 3.35. The maximum atomic E-state index is 11.0. The van der Waals surface area contributed by atoms with Crippen LogP contribution in [0.15, 0.2) is 12.3 Å². The second-order valence-electron chi connectivity index (χ2n) is 5.57. The summed E-state index contributed by atoms with van der Waals surface area (Å²) in [6.07, 6.45) is 6.78. The summed E-state index contributed by atoms with van der Waals surface area (Å²) in [4.78, 5) is 15.2. The fourth-order valence-electron chi connectivity index (χ4n) is 2.69. The van der Waals surface area contributed by atoms with Crippen LogP contribution in [-0.2, 0) is 0 Å². The van der Waals surface area contributed by atoms with Crippen molar-refractivity contribution < 1.29 is 9.90 Å². The highest BCUT2D eigenvalue weighted by Crippen LogP contribution is 2.49. The van der Waals surface area contributed by atoms with E-state index in [2.05, 4.69) is 10.3 Å². The van der Waals surface area contributed by atoms with Crippen LogP contribution in [0.5, 0.6) is 0 Å². The molecule has 1 heterocycles. The fraction of sp³-hybridized carbons (Fsp3) is 0.571. The first kappa shape index (κ1) is 12.7. The Hall–Kier alpha value is -1.29. The van der Waals surface area contributed by atoms with Gasteiger partial charge in [0.15, 0.2) is 0 Å². The lowest BCUT2D eigenvalue weighted by Gasteiger charge is -2.16. The van der Waals surface area contributed by atoms with Gasteiger partial charge in [0.25, 0.3) is 0 Å². The number of rotatable bonds is 6. The minimum absolute atomic E-state index is 0.105. The largest absolute Gasteiger partial charge is 0.478 e. The highest BCUT2D eigenvalue weighted by molar-refractivity contribution is 6.33. The predicted molar refractivity (Wildman–Crippen MR) is 73.6 cm³/mol. The third-order valence-corrected chi connectivity index (χ3v) is 4.36. The molecule has 2 aliphatic rings. The van der Waals surface area contributed by atoms with Crippen LogP contribution in [0.4, 0.5) is 5.82 Å². The number of carboxylic acids is 1. The summed E-state index contributed by atoms with van der Waals surface area (Å²) in [6.45, 7) is 0.892. The summed E-state index contributed by atoms with van der Waals surface area (Å²) in [7, 11) is 0. The monoisotopic (exact) mass is 280 g/mol. The Bertz CT molecular complexity index is 486. The van der Waals surface area contributed by atoms with Crippen molar-refractivity contribution in [3.63, 3.8) is 0 Å². The number of carbonyl (C=O) groups is 1. The molecular formula is C14H17ClN2O2. The van der Waals surface area contributed by atoms with Crippen LogP contribution in [0.1, 0.15) is 36.0 Å². The van der Waals surface area contributed by atoms with Gasteiger partial charge in [0.05, 0.1) is 10.6 Å². The molecule has 2 N–H and O–H groups in total. The van der Waals surface area contributed by atoms with E-state index in [1.165, 1.54) is 37.9 Å². The van der Waals surface area contributed by atoms with Gasteiger partial charge in [-0.3, -0.25) is 0 Å². The van der Waals surface area contributed by atoms with Crippen LogP contribution in [0.25, 0.3) is 0 Å². The zero-order valence-electron chi connectivity index (χ0n) is 10.6. The molecule has 0 aliphatic heterocycles. The predicted octanol–water partition coefficient (Wildman–Crippen LogP) is 3.28. The highest BCUT2D eigenvalue weighted by atomic mass is 35.5. The molecule has 1 aromatic heterocycles. The summed E-state index contributed by atoms with van der Waals surface area (Å²) >= 11 is 5.80. The van der Waals surface area contributed by atoms with Crippen molar-refractivity contribution in [2.45, 2.75) is 25.7 Å². The van der Waals surface area contributed by atoms with E-state index in [4.69, 9.17) is 16.7 Å². The number of hydrogen-bond acceptors (Lipinski definition) is 3. The average molecular weight is 281 g/mol. The summed E-state index contributed by atoms with van der Waals surface area (Å²) < 4.78 is 0. The number of aromatic nitrogens is 1. The van der Waals surface area contributed by atoms with Crippen molar-refractivity contribution in [3.05, 3.63) is 22.8 Å². The zero-order chi connectivity index (χ0) is 13.4. The van der Waals surface area contributed by atoms with Gasteiger partial charge in [0, 0.05) is 12.7 Å². The maximum absolute atomic E-state index is 11.0. The first-order chi connectivity index (χ1) is 9.15. The highest BCUT2D eigenvalue weighted by Gasteiger charge is 2.41. The van der Waals surface area contributed by atoms with Crippen LogP contribution < -0.4 is 5.32 Å². The Morgan fingerprint density at radius 2 is 2.05 bits per heavy atom. The lowest BCUT2D eigenvalue weighted by molar-refractivity contribution is 0.0697. The molecule has 4 nitrogen and oxygen atoms in total. The molecule has 1 aromatic rings. The molecule has 19 heavy (non-hydrogen) atoms. The van der Waals surface area contributed by atoms with Crippen molar-refractivity contribution in [3.8, 4) is 0 Å². The standard InChI is InChI=1S/C14H17ClN2O2/c15-12-7-17-13(5-10(12)14(18)19)16-6-11(8-1-2-8)9-3-4-9/h5,7-9,11H,1-4,6H2,(H,16,17)(H,18,19). The fourth-order valence-corrected chi connectivity index (χ4v) is 2.87. The molecule has 2 fully saturated rings. The molecule has 0 saturated heterocycles. The number of pyridine rings is 1. The molecule has 0 aromatic carbocycles. The van der Waals surface area contributed by atoms with Gasteiger partial charge < -0.3 is 10.4 Å². The molecule has 0 bridgehead atoms. The molecule has 0 atom stereocenters. The van der Waals surface area contributed by atoms with E-state index >= 15 is 0 Å². The Morgan fingerprint density at radius 1 is 1.42 bits per heavy atom. The molecule has 0 spiro atoms.